The third-order valence-electron chi connectivity index (χ3n) is 4.90. The van der Waals surface area contributed by atoms with Crippen LogP contribution in [-0.4, -0.2) is 36.3 Å². The lowest BCUT2D eigenvalue weighted by Crippen LogP contribution is -2.43. The normalized spacial score (nSPS) is 13.2. The third kappa shape index (κ3) is 5.80. The number of hydrogen-bond acceptors (Lipinski definition) is 6. The van der Waals surface area contributed by atoms with Gasteiger partial charge in [-0.25, -0.2) is 14.4 Å². The van der Waals surface area contributed by atoms with Crippen molar-refractivity contribution < 1.29 is 28.6 Å². The van der Waals surface area contributed by atoms with Crippen LogP contribution in [0.25, 0.3) is 21.5 Å². The number of hydrogen-bond donors (Lipinski definition) is 1. The molecule has 0 fully saturated rings. The van der Waals surface area contributed by atoms with Crippen LogP contribution in [0.4, 0.5) is 4.79 Å². The molecule has 33 heavy (non-hydrogen) atoms. The highest BCUT2D eigenvalue weighted by Gasteiger charge is 2.32. The Morgan fingerprint density at radius 1 is 0.909 bits per heavy atom. The predicted octanol–water partition coefficient (Wildman–Crippen LogP) is 5.05. The molecular formula is C26H29NO6. The van der Waals surface area contributed by atoms with Gasteiger partial charge in [-0.05, 0) is 62.2 Å². The summed E-state index contributed by atoms with van der Waals surface area (Å²) in [5.74, 6) is -1.47. The van der Waals surface area contributed by atoms with Gasteiger partial charge in [0.05, 0.1) is 6.61 Å². The minimum absolute atomic E-state index is 0.126. The van der Waals surface area contributed by atoms with Gasteiger partial charge in [-0.3, -0.25) is 0 Å². The average Bonchev–Trinajstić information content (AvgIpc) is 2.74. The number of ether oxygens (including phenoxy) is 3. The molecule has 7 nitrogen and oxygen atoms in total. The molecule has 1 amide bonds. The van der Waals surface area contributed by atoms with E-state index >= 15 is 0 Å². The highest BCUT2D eigenvalue weighted by Crippen LogP contribution is 2.35. The number of carbonyl (C=O) groups is 3. The fourth-order valence-corrected chi connectivity index (χ4v) is 3.54. The van der Waals surface area contributed by atoms with Gasteiger partial charge in [0.2, 0.25) is 6.10 Å². The number of alkyl carbamates (subject to hydrolysis) is 1. The van der Waals surface area contributed by atoms with Gasteiger partial charge in [-0.2, -0.15) is 0 Å². The fraction of sp³-hybridized carbons (Fsp3) is 0.346. The van der Waals surface area contributed by atoms with Gasteiger partial charge < -0.3 is 19.5 Å². The molecule has 3 rings (SSSR count). The summed E-state index contributed by atoms with van der Waals surface area (Å²) in [7, 11) is 0. The molecule has 0 bridgehead atoms. The van der Waals surface area contributed by atoms with Crippen molar-refractivity contribution >= 4 is 39.6 Å². The number of nitrogens with one attached hydrogen (secondary N) is 1. The molecule has 7 heteroatoms. The second-order valence-electron chi connectivity index (χ2n) is 8.67. The summed E-state index contributed by atoms with van der Waals surface area (Å²) in [6, 6.07) is 16.1. The summed E-state index contributed by atoms with van der Waals surface area (Å²) < 4.78 is 16.1. The number of rotatable bonds is 6. The summed E-state index contributed by atoms with van der Waals surface area (Å²) in [6.07, 6.45) is -2.06. The first-order valence-corrected chi connectivity index (χ1v) is 10.9. The van der Waals surface area contributed by atoms with Gasteiger partial charge in [0, 0.05) is 5.56 Å². The Morgan fingerprint density at radius 3 is 1.97 bits per heavy atom. The molecule has 0 heterocycles. The zero-order valence-electron chi connectivity index (χ0n) is 19.5. The molecule has 0 saturated heterocycles. The molecule has 0 saturated carbocycles. The van der Waals surface area contributed by atoms with E-state index in [9.17, 15) is 14.4 Å². The largest absolute Gasteiger partial charge is 0.463 e. The maximum Gasteiger partial charge on any atom is 0.408 e. The molecule has 174 valence electrons. The number of benzene rings is 3. The quantitative estimate of drug-likeness (QED) is 0.320. The third-order valence-corrected chi connectivity index (χ3v) is 4.90. The van der Waals surface area contributed by atoms with E-state index in [4.69, 9.17) is 14.2 Å². The standard InChI is InChI=1S/C26H29NO6/c1-6-31-24(29)22(32-23(28)16(2)27-25(30)33-26(3,4)5)21-19-13-9-7-11-17(19)15-18-12-8-10-14-20(18)21/h7-16,22H,6H2,1-5H3,(H,27,30)/t16-,22-/m0/s1. The number of fused-ring (bicyclic) bond motifs is 2. The lowest BCUT2D eigenvalue weighted by Gasteiger charge is -2.24. The molecule has 0 aromatic heterocycles. The Kier molecular flexibility index (Phi) is 7.21. The van der Waals surface area contributed by atoms with Crippen LogP contribution in [0.2, 0.25) is 0 Å². The van der Waals surface area contributed by atoms with Crippen LogP contribution in [0.1, 0.15) is 46.3 Å². The van der Waals surface area contributed by atoms with E-state index in [0.29, 0.717) is 5.56 Å². The molecule has 0 spiro atoms. The van der Waals surface area contributed by atoms with Crippen LogP contribution in [0.5, 0.6) is 0 Å². The molecule has 3 aromatic carbocycles. The summed E-state index contributed by atoms with van der Waals surface area (Å²) in [5, 5.41) is 5.80. The number of esters is 2. The van der Waals surface area contributed by atoms with Crippen molar-refractivity contribution in [3.05, 3.63) is 60.2 Å². The van der Waals surface area contributed by atoms with Gasteiger partial charge in [0.25, 0.3) is 0 Å². The zero-order valence-corrected chi connectivity index (χ0v) is 19.5. The van der Waals surface area contributed by atoms with Crippen LogP contribution in [0.15, 0.2) is 54.6 Å². The molecule has 0 radical (unpaired) electrons. The van der Waals surface area contributed by atoms with E-state index in [1.165, 1.54) is 6.92 Å². The van der Waals surface area contributed by atoms with E-state index < -0.39 is 35.8 Å². The summed E-state index contributed by atoms with van der Waals surface area (Å²) in [4.78, 5) is 38.0. The SMILES string of the molecule is CCOC(=O)[C@@H](OC(=O)[C@H](C)NC(=O)OC(C)(C)C)c1c2ccccc2cc2ccccc12. The highest BCUT2D eigenvalue weighted by atomic mass is 16.6. The van der Waals surface area contributed by atoms with Crippen LogP contribution in [-0.2, 0) is 23.8 Å². The summed E-state index contributed by atoms with van der Waals surface area (Å²) >= 11 is 0. The van der Waals surface area contributed by atoms with E-state index in [1.807, 2.05) is 54.6 Å². The van der Waals surface area contributed by atoms with Crippen LogP contribution >= 0.6 is 0 Å². The van der Waals surface area contributed by atoms with Crippen LogP contribution in [0.3, 0.4) is 0 Å². The van der Waals surface area contributed by atoms with E-state index in [1.54, 1.807) is 27.7 Å². The first-order chi connectivity index (χ1) is 15.6. The molecule has 0 unspecified atom stereocenters. The van der Waals surface area contributed by atoms with Crippen molar-refractivity contribution in [1.82, 2.24) is 5.32 Å². The Morgan fingerprint density at radius 2 is 1.45 bits per heavy atom. The van der Waals surface area contributed by atoms with Crippen LogP contribution in [0, 0.1) is 0 Å². The lowest BCUT2D eigenvalue weighted by molar-refractivity contribution is -0.169. The molecule has 0 aliphatic carbocycles. The first kappa shape index (κ1) is 24.0. The highest BCUT2D eigenvalue weighted by molar-refractivity contribution is 6.05. The molecule has 0 aliphatic rings. The van der Waals surface area contributed by atoms with Crippen molar-refractivity contribution in [3.8, 4) is 0 Å². The van der Waals surface area contributed by atoms with Crippen LogP contribution < -0.4 is 5.32 Å². The second-order valence-corrected chi connectivity index (χ2v) is 8.67. The average molecular weight is 452 g/mol. The van der Waals surface area contributed by atoms with Gasteiger partial charge >= 0.3 is 18.0 Å². The van der Waals surface area contributed by atoms with E-state index in [-0.39, 0.29) is 6.61 Å². The van der Waals surface area contributed by atoms with Crippen molar-refractivity contribution in [2.24, 2.45) is 0 Å². The van der Waals surface area contributed by atoms with Crippen molar-refractivity contribution in [2.75, 3.05) is 6.61 Å². The second kappa shape index (κ2) is 9.90. The lowest BCUT2D eigenvalue weighted by atomic mass is 9.93. The number of carbonyl (C=O) groups excluding carboxylic acids is 3. The van der Waals surface area contributed by atoms with Gasteiger partial charge in [0.1, 0.15) is 11.6 Å². The van der Waals surface area contributed by atoms with Gasteiger partial charge in [-0.1, -0.05) is 48.5 Å². The Hall–Kier alpha value is -3.61. The predicted molar refractivity (Wildman–Crippen MR) is 126 cm³/mol. The topological polar surface area (TPSA) is 90.9 Å². The summed E-state index contributed by atoms with van der Waals surface area (Å²) in [6.45, 7) is 8.44. The maximum absolute atomic E-state index is 13.0. The van der Waals surface area contributed by atoms with Crippen molar-refractivity contribution in [2.45, 2.75) is 52.4 Å². The monoisotopic (exact) mass is 451 g/mol. The molecule has 3 aromatic rings. The minimum atomic E-state index is -1.31. The van der Waals surface area contributed by atoms with Crippen molar-refractivity contribution in [3.63, 3.8) is 0 Å². The zero-order chi connectivity index (χ0) is 24.2. The Labute approximate surface area is 193 Å². The molecular weight excluding hydrogens is 422 g/mol. The molecule has 0 aliphatic heterocycles. The Balaban J connectivity index is 2.00. The Bertz CT molecular complexity index is 1130. The maximum atomic E-state index is 13.0. The number of amides is 1. The fourth-order valence-electron chi connectivity index (χ4n) is 3.54. The summed E-state index contributed by atoms with van der Waals surface area (Å²) in [5.41, 5.74) is -0.178. The van der Waals surface area contributed by atoms with Gasteiger partial charge in [-0.15, -0.1) is 0 Å². The van der Waals surface area contributed by atoms with Gasteiger partial charge in [0.15, 0.2) is 0 Å². The minimum Gasteiger partial charge on any atom is -0.463 e. The van der Waals surface area contributed by atoms with E-state index in [0.717, 1.165) is 21.5 Å². The molecule has 1 N–H and O–H groups in total. The molecule has 2 atom stereocenters. The van der Waals surface area contributed by atoms with Crippen molar-refractivity contribution in [1.29, 1.82) is 0 Å². The first-order valence-electron chi connectivity index (χ1n) is 10.9. The van der Waals surface area contributed by atoms with E-state index in [2.05, 4.69) is 5.32 Å². The smallest absolute Gasteiger partial charge is 0.408 e.